The van der Waals surface area contributed by atoms with E-state index in [0.29, 0.717) is 23.7 Å². The molecule has 9 heteroatoms. The van der Waals surface area contributed by atoms with Crippen molar-refractivity contribution in [2.75, 3.05) is 26.9 Å². The first-order valence-corrected chi connectivity index (χ1v) is 8.99. The predicted octanol–water partition coefficient (Wildman–Crippen LogP) is 2.45. The van der Waals surface area contributed by atoms with Crippen LogP contribution in [0.1, 0.15) is 15.4 Å². The van der Waals surface area contributed by atoms with Gasteiger partial charge in [0.1, 0.15) is 15.5 Å². The quantitative estimate of drug-likeness (QED) is 0.494. The van der Waals surface area contributed by atoms with Crippen molar-refractivity contribution in [3.63, 3.8) is 0 Å². The van der Waals surface area contributed by atoms with Crippen molar-refractivity contribution in [1.29, 1.82) is 0 Å². The van der Waals surface area contributed by atoms with Gasteiger partial charge >= 0.3 is 5.97 Å². The molecule has 0 radical (unpaired) electrons. The number of thiophene rings is 1. The second-order valence-electron chi connectivity index (χ2n) is 5.72. The number of halogens is 1. The Kier molecular flexibility index (Phi) is 5.82. The minimum absolute atomic E-state index is 0.335. The molecule has 7 nitrogen and oxygen atoms in total. The smallest absolute Gasteiger partial charge is 0.348 e. The Balaban J connectivity index is 1.74. The molecule has 0 aliphatic carbocycles. The van der Waals surface area contributed by atoms with Crippen molar-refractivity contribution in [2.24, 2.45) is 0 Å². The molecule has 3 rings (SSSR count). The van der Waals surface area contributed by atoms with Gasteiger partial charge < -0.3 is 14.8 Å². The Bertz CT molecular complexity index is 965. The number of aromatic nitrogens is 2. The molecule has 2 aromatic heterocycles. The number of aryl methyl sites for hydroxylation is 1. The van der Waals surface area contributed by atoms with Crippen LogP contribution >= 0.6 is 11.3 Å². The molecule has 0 saturated heterocycles. The summed E-state index contributed by atoms with van der Waals surface area (Å²) in [6.07, 6.45) is 0. The highest BCUT2D eigenvalue weighted by Crippen LogP contribution is 2.30. The molecule has 2 heterocycles. The zero-order valence-electron chi connectivity index (χ0n) is 14.8. The van der Waals surface area contributed by atoms with Crippen LogP contribution in [0.3, 0.4) is 0 Å². The van der Waals surface area contributed by atoms with Crippen molar-refractivity contribution in [3.8, 4) is 5.69 Å². The molecule has 0 spiro atoms. The van der Waals surface area contributed by atoms with Crippen LogP contribution in [-0.4, -0.2) is 48.5 Å². The maximum atomic E-state index is 13.2. The Labute approximate surface area is 158 Å². The molecule has 27 heavy (non-hydrogen) atoms. The van der Waals surface area contributed by atoms with Gasteiger partial charge in [-0.15, -0.1) is 11.3 Å². The molecular weight excluding hydrogens is 373 g/mol. The highest BCUT2D eigenvalue weighted by atomic mass is 32.1. The molecule has 1 aromatic carbocycles. The standard InChI is InChI=1S/C18H18FN3O4S/c1-11-14-9-15(18(24)26-10-16(23)20-7-8-25-2)27-17(14)22(21-11)13-5-3-12(19)4-6-13/h3-6,9H,7-8,10H2,1-2H3,(H,20,23). The molecule has 0 bridgehead atoms. The van der Waals surface area contributed by atoms with E-state index in [9.17, 15) is 14.0 Å². The first kappa shape index (κ1) is 19.0. The summed E-state index contributed by atoms with van der Waals surface area (Å²) in [4.78, 5) is 25.0. The molecular formula is C18H18FN3O4S. The lowest BCUT2D eigenvalue weighted by Crippen LogP contribution is -2.31. The third kappa shape index (κ3) is 4.32. The number of amides is 1. The molecule has 0 fully saturated rings. The molecule has 0 saturated carbocycles. The molecule has 0 aliphatic rings. The van der Waals surface area contributed by atoms with E-state index in [1.165, 1.54) is 30.6 Å². The van der Waals surface area contributed by atoms with E-state index in [0.717, 1.165) is 15.9 Å². The lowest BCUT2D eigenvalue weighted by Gasteiger charge is -2.05. The van der Waals surface area contributed by atoms with E-state index in [-0.39, 0.29) is 12.4 Å². The number of carbonyl (C=O) groups is 2. The summed E-state index contributed by atoms with van der Waals surface area (Å²) in [5.41, 5.74) is 1.43. The van der Waals surface area contributed by atoms with Crippen LogP contribution in [0.5, 0.6) is 0 Å². The summed E-state index contributed by atoms with van der Waals surface area (Å²) in [7, 11) is 1.53. The average molecular weight is 391 g/mol. The monoisotopic (exact) mass is 391 g/mol. The third-order valence-corrected chi connectivity index (χ3v) is 4.87. The minimum atomic E-state index is -0.580. The first-order chi connectivity index (χ1) is 13.0. The Morgan fingerprint density at radius 2 is 2.04 bits per heavy atom. The molecule has 1 amide bonds. The Morgan fingerprint density at radius 3 is 2.74 bits per heavy atom. The predicted molar refractivity (Wildman–Crippen MR) is 98.8 cm³/mol. The van der Waals surface area contributed by atoms with E-state index in [1.807, 2.05) is 6.92 Å². The van der Waals surface area contributed by atoms with Crippen molar-refractivity contribution in [1.82, 2.24) is 15.1 Å². The first-order valence-electron chi connectivity index (χ1n) is 8.17. The summed E-state index contributed by atoms with van der Waals surface area (Å²) in [6, 6.07) is 7.62. The van der Waals surface area contributed by atoms with Gasteiger partial charge in [0.05, 0.1) is 18.0 Å². The molecule has 0 atom stereocenters. The number of methoxy groups -OCH3 is 1. The van der Waals surface area contributed by atoms with Gasteiger partial charge in [-0.2, -0.15) is 5.10 Å². The van der Waals surface area contributed by atoms with E-state index < -0.39 is 11.9 Å². The van der Waals surface area contributed by atoms with Crippen LogP contribution < -0.4 is 5.32 Å². The van der Waals surface area contributed by atoms with Gasteiger partial charge in [0, 0.05) is 19.0 Å². The fraction of sp³-hybridized carbons (Fsp3) is 0.278. The summed E-state index contributed by atoms with van der Waals surface area (Å²) in [5.74, 6) is -1.31. The van der Waals surface area contributed by atoms with E-state index in [4.69, 9.17) is 9.47 Å². The van der Waals surface area contributed by atoms with Gasteiger partial charge in [-0.05, 0) is 37.3 Å². The minimum Gasteiger partial charge on any atom is -0.451 e. The van der Waals surface area contributed by atoms with Crippen molar-refractivity contribution >= 4 is 33.4 Å². The Morgan fingerprint density at radius 1 is 1.30 bits per heavy atom. The summed E-state index contributed by atoms with van der Waals surface area (Å²) >= 11 is 1.21. The molecule has 3 aromatic rings. The Hall–Kier alpha value is -2.78. The summed E-state index contributed by atoms with van der Waals surface area (Å²) < 4.78 is 24.7. The van der Waals surface area contributed by atoms with Crippen molar-refractivity contribution < 1.29 is 23.5 Å². The van der Waals surface area contributed by atoms with Gasteiger partial charge in [0.2, 0.25) is 0 Å². The van der Waals surface area contributed by atoms with Gasteiger partial charge in [-0.25, -0.2) is 13.9 Å². The number of rotatable bonds is 7. The van der Waals surface area contributed by atoms with Gasteiger partial charge in [0.25, 0.3) is 5.91 Å². The van der Waals surface area contributed by atoms with E-state index in [1.54, 1.807) is 22.9 Å². The highest BCUT2D eigenvalue weighted by Gasteiger charge is 2.19. The lowest BCUT2D eigenvalue weighted by molar-refractivity contribution is -0.124. The lowest BCUT2D eigenvalue weighted by atomic mass is 10.3. The number of nitrogens with one attached hydrogen (secondary N) is 1. The maximum Gasteiger partial charge on any atom is 0.348 e. The fourth-order valence-corrected chi connectivity index (χ4v) is 3.53. The second-order valence-corrected chi connectivity index (χ2v) is 6.75. The number of nitrogens with zero attached hydrogens (tertiary/aromatic N) is 2. The average Bonchev–Trinajstić information content (AvgIpc) is 3.22. The van der Waals surface area contributed by atoms with Crippen LogP contribution in [0.4, 0.5) is 4.39 Å². The van der Waals surface area contributed by atoms with Crippen LogP contribution in [0.15, 0.2) is 30.3 Å². The number of benzene rings is 1. The van der Waals surface area contributed by atoms with Gasteiger partial charge in [0.15, 0.2) is 6.61 Å². The van der Waals surface area contributed by atoms with E-state index in [2.05, 4.69) is 10.4 Å². The SMILES string of the molecule is COCCNC(=O)COC(=O)c1cc2c(C)nn(-c3ccc(F)cc3)c2s1. The molecule has 142 valence electrons. The number of carbonyl (C=O) groups excluding carboxylic acids is 2. The van der Waals surface area contributed by atoms with E-state index >= 15 is 0 Å². The largest absolute Gasteiger partial charge is 0.451 e. The van der Waals surface area contributed by atoms with Crippen molar-refractivity contribution in [2.45, 2.75) is 6.92 Å². The topological polar surface area (TPSA) is 82.4 Å². The number of hydrogen-bond acceptors (Lipinski definition) is 6. The summed E-state index contributed by atoms with van der Waals surface area (Å²) in [5, 5.41) is 7.82. The second kappa shape index (κ2) is 8.28. The summed E-state index contributed by atoms with van der Waals surface area (Å²) in [6.45, 7) is 2.20. The third-order valence-electron chi connectivity index (χ3n) is 3.78. The fourth-order valence-electron chi connectivity index (χ4n) is 2.45. The zero-order chi connectivity index (χ0) is 19.4. The van der Waals surface area contributed by atoms with Crippen LogP contribution in [-0.2, 0) is 14.3 Å². The van der Waals surface area contributed by atoms with Crippen LogP contribution in [0.25, 0.3) is 15.9 Å². The number of ether oxygens (including phenoxy) is 2. The van der Waals surface area contributed by atoms with Gasteiger partial charge in [-0.1, -0.05) is 0 Å². The molecule has 0 aliphatic heterocycles. The number of esters is 1. The molecule has 0 unspecified atom stereocenters. The van der Waals surface area contributed by atoms with Crippen LogP contribution in [0, 0.1) is 12.7 Å². The maximum absolute atomic E-state index is 13.2. The van der Waals surface area contributed by atoms with Crippen LogP contribution in [0.2, 0.25) is 0 Å². The van der Waals surface area contributed by atoms with Crippen molar-refractivity contribution in [3.05, 3.63) is 46.7 Å². The zero-order valence-corrected chi connectivity index (χ0v) is 15.6. The number of hydrogen-bond donors (Lipinski definition) is 1. The highest BCUT2D eigenvalue weighted by molar-refractivity contribution is 7.20. The number of fused-ring (bicyclic) bond motifs is 1. The molecule has 1 N–H and O–H groups in total. The van der Waals surface area contributed by atoms with Gasteiger partial charge in [-0.3, -0.25) is 4.79 Å². The normalized spacial score (nSPS) is 10.9.